The Bertz CT molecular complexity index is 564. The molecule has 2 N–H and O–H groups in total. The van der Waals surface area contributed by atoms with Gasteiger partial charge in [-0.05, 0) is 69.6 Å². The molecule has 5 nitrogen and oxygen atoms in total. The lowest BCUT2D eigenvalue weighted by Crippen LogP contribution is -2.51. The van der Waals surface area contributed by atoms with Crippen LogP contribution in [0.3, 0.4) is 0 Å². The highest BCUT2D eigenvalue weighted by molar-refractivity contribution is 14.0. The molecule has 2 aliphatic rings. The summed E-state index contributed by atoms with van der Waals surface area (Å²) in [5.41, 5.74) is 7.45. The van der Waals surface area contributed by atoms with Crippen molar-refractivity contribution in [3.05, 3.63) is 29.3 Å². The topological polar surface area (TPSA) is 48.1 Å². The molecule has 146 valence electrons. The quantitative estimate of drug-likeness (QED) is 0.399. The number of hydrogen-bond donors (Lipinski definition) is 1. The van der Waals surface area contributed by atoms with Gasteiger partial charge in [-0.15, -0.1) is 24.0 Å². The van der Waals surface area contributed by atoms with Crippen LogP contribution in [0.4, 0.5) is 5.69 Å². The maximum Gasteiger partial charge on any atom is 0.191 e. The summed E-state index contributed by atoms with van der Waals surface area (Å²) in [6.45, 7) is 7.07. The summed E-state index contributed by atoms with van der Waals surface area (Å²) >= 11 is 5.97. The predicted octanol–water partition coefficient (Wildman–Crippen LogP) is 3.13. The highest BCUT2D eigenvalue weighted by Gasteiger charge is 2.19. The van der Waals surface area contributed by atoms with E-state index in [4.69, 9.17) is 17.3 Å². The zero-order valence-corrected chi connectivity index (χ0v) is 18.7. The molecule has 1 aromatic carbocycles. The summed E-state index contributed by atoms with van der Waals surface area (Å²) in [6, 6.07) is 8.05. The fraction of sp³-hybridized carbons (Fsp3) is 0.632. The van der Waals surface area contributed by atoms with Crippen LogP contribution in [-0.2, 0) is 0 Å². The lowest BCUT2D eigenvalue weighted by molar-refractivity contribution is 0.214. The maximum atomic E-state index is 6.22. The molecule has 0 radical (unpaired) electrons. The molecule has 0 aliphatic carbocycles. The second-order valence-electron chi connectivity index (χ2n) is 7.23. The lowest BCUT2D eigenvalue weighted by atomic mass is 9.94. The summed E-state index contributed by atoms with van der Waals surface area (Å²) in [7, 11) is 2.20. The van der Waals surface area contributed by atoms with E-state index in [1.807, 2.05) is 12.1 Å². The van der Waals surface area contributed by atoms with Crippen molar-refractivity contribution in [2.45, 2.75) is 19.3 Å². The Hall–Kier alpha value is -0.730. The van der Waals surface area contributed by atoms with Crippen molar-refractivity contribution in [1.29, 1.82) is 0 Å². The predicted molar refractivity (Wildman–Crippen MR) is 122 cm³/mol. The molecule has 0 bridgehead atoms. The molecule has 2 aliphatic heterocycles. The molecule has 0 amide bonds. The second-order valence-corrected chi connectivity index (χ2v) is 7.66. The van der Waals surface area contributed by atoms with Gasteiger partial charge in [0, 0.05) is 43.4 Å². The molecule has 0 aromatic heterocycles. The third kappa shape index (κ3) is 6.16. The van der Waals surface area contributed by atoms with Gasteiger partial charge < -0.3 is 20.4 Å². The molecule has 0 atom stereocenters. The average Bonchev–Trinajstić information content (AvgIpc) is 2.64. The van der Waals surface area contributed by atoms with Crippen LogP contribution in [0.1, 0.15) is 19.3 Å². The number of piperidine rings is 1. The Balaban J connectivity index is 0.00000243. The fourth-order valence-electron chi connectivity index (χ4n) is 3.66. The van der Waals surface area contributed by atoms with Crippen molar-refractivity contribution in [1.82, 2.24) is 9.80 Å². The van der Waals surface area contributed by atoms with Gasteiger partial charge in [-0.3, -0.25) is 4.99 Å². The van der Waals surface area contributed by atoms with Gasteiger partial charge in [-0.1, -0.05) is 11.6 Å². The Morgan fingerprint density at radius 1 is 1.08 bits per heavy atom. The Kier molecular flexibility index (Phi) is 8.76. The van der Waals surface area contributed by atoms with E-state index in [2.05, 4.69) is 38.9 Å². The molecule has 0 unspecified atom stereocenters. The number of hydrogen-bond acceptors (Lipinski definition) is 3. The number of guanidine groups is 1. The Morgan fingerprint density at radius 3 is 2.31 bits per heavy atom. The number of rotatable bonds is 4. The van der Waals surface area contributed by atoms with Crippen LogP contribution in [0.2, 0.25) is 5.02 Å². The van der Waals surface area contributed by atoms with E-state index in [1.165, 1.54) is 38.0 Å². The van der Waals surface area contributed by atoms with E-state index in [-0.39, 0.29) is 24.0 Å². The summed E-state index contributed by atoms with van der Waals surface area (Å²) in [5, 5.41) is 0.781. The second kappa shape index (κ2) is 10.6. The minimum atomic E-state index is 0. The van der Waals surface area contributed by atoms with E-state index in [0.29, 0.717) is 5.96 Å². The van der Waals surface area contributed by atoms with E-state index in [1.54, 1.807) is 0 Å². The van der Waals surface area contributed by atoms with E-state index in [9.17, 15) is 0 Å². The van der Waals surface area contributed by atoms with Crippen LogP contribution >= 0.6 is 35.6 Å². The molecule has 0 spiro atoms. The zero-order valence-electron chi connectivity index (χ0n) is 15.6. The Morgan fingerprint density at radius 2 is 1.69 bits per heavy atom. The van der Waals surface area contributed by atoms with Crippen LogP contribution in [0.25, 0.3) is 0 Å². The van der Waals surface area contributed by atoms with Crippen molar-refractivity contribution in [3.63, 3.8) is 0 Å². The number of nitrogens with zero attached hydrogens (tertiary/aromatic N) is 4. The molecule has 26 heavy (non-hydrogen) atoms. The number of piperazine rings is 1. The third-order valence-electron chi connectivity index (χ3n) is 5.44. The molecule has 2 saturated heterocycles. The molecular formula is C19H31ClIN5. The van der Waals surface area contributed by atoms with Gasteiger partial charge in [-0.2, -0.15) is 0 Å². The number of likely N-dealkylation sites (tertiary alicyclic amines) is 1. The number of benzene rings is 1. The average molecular weight is 492 g/mol. The van der Waals surface area contributed by atoms with Crippen LogP contribution in [0.5, 0.6) is 0 Å². The lowest BCUT2D eigenvalue weighted by Gasteiger charge is -2.36. The third-order valence-corrected chi connectivity index (χ3v) is 5.70. The zero-order chi connectivity index (χ0) is 17.6. The normalized spacial score (nSPS) is 20.2. The first-order valence-electron chi connectivity index (χ1n) is 9.36. The van der Waals surface area contributed by atoms with Gasteiger partial charge in [0.25, 0.3) is 0 Å². The maximum absolute atomic E-state index is 6.22. The first-order chi connectivity index (χ1) is 12.1. The molecule has 7 heteroatoms. The monoisotopic (exact) mass is 491 g/mol. The van der Waals surface area contributed by atoms with Gasteiger partial charge in [0.2, 0.25) is 0 Å². The van der Waals surface area contributed by atoms with Gasteiger partial charge in [0.1, 0.15) is 0 Å². The number of halogens is 2. The van der Waals surface area contributed by atoms with Crippen molar-refractivity contribution in [3.8, 4) is 0 Å². The van der Waals surface area contributed by atoms with Gasteiger partial charge in [0.05, 0.1) is 0 Å². The molecule has 0 saturated carbocycles. The summed E-state index contributed by atoms with van der Waals surface area (Å²) in [6.07, 6.45) is 3.76. The van der Waals surface area contributed by atoms with E-state index in [0.717, 1.165) is 43.7 Å². The summed E-state index contributed by atoms with van der Waals surface area (Å²) < 4.78 is 0. The van der Waals surface area contributed by atoms with Crippen molar-refractivity contribution in [2.75, 3.05) is 57.8 Å². The van der Waals surface area contributed by atoms with Gasteiger partial charge >= 0.3 is 0 Å². The largest absolute Gasteiger partial charge is 0.370 e. The number of nitrogens with two attached hydrogens (primary N) is 1. The molecule has 2 heterocycles. The van der Waals surface area contributed by atoms with Gasteiger partial charge in [-0.25, -0.2) is 0 Å². The van der Waals surface area contributed by atoms with Crippen LogP contribution < -0.4 is 10.6 Å². The van der Waals surface area contributed by atoms with E-state index < -0.39 is 0 Å². The Labute approximate surface area is 179 Å². The first kappa shape index (κ1) is 21.6. The smallest absolute Gasteiger partial charge is 0.191 e. The van der Waals surface area contributed by atoms with Crippen LogP contribution in [0.15, 0.2) is 29.3 Å². The molecular weight excluding hydrogens is 461 g/mol. The molecule has 1 aromatic rings. The minimum Gasteiger partial charge on any atom is -0.370 e. The van der Waals surface area contributed by atoms with Crippen LogP contribution in [-0.4, -0.2) is 68.6 Å². The molecule has 2 fully saturated rings. The van der Waals surface area contributed by atoms with Crippen molar-refractivity contribution in [2.24, 2.45) is 16.6 Å². The standard InChI is InChI=1S/C19H30ClN5.HI/c1-23-10-7-16(8-11-23)6-9-22-19(21)25-14-12-24(13-15-25)18-4-2-17(20)3-5-18;/h2-5,16H,6-15H2,1H3,(H2,21,22);1H. The summed E-state index contributed by atoms with van der Waals surface area (Å²) in [5.74, 6) is 1.53. The number of aliphatic imine (C=N–C) groups is 1. The SMILES string of the molecule is CN1CCC(CCN=C(N)N2CCN(c3ccc(Cl)cc3)CC2)CC1.I. The minimum absolute atomic E-state index is 0. The van der Waals surface area contributed by atoms with Crippen LogP contribution in [0, 0.1) is 5.92 Å². The van der Waals surface area contributed by atoms with Crippen molar-refractivity contribution < 1.29 is 0 Å². The first-order valence-corrected chi connectivity index (χ1v) is 9.73. The van der Waals surface area contributed by atoms with Crippen molar-refractivity contribution >= 4 is 47.2 Å². The van der Waals surface area contributed by atoms with E-state index >= 15 is 0 Å². The fourth-order valence-corrected chi connectivity index (χ4v) is 3.78. The number of anilines is 1. The van der Waals surface area contributed by atoms with Gasteiger partial charge in [0.15, 0.2) is 5.96 Å². The molecule has 3 rings (SSSR count). The highest BCUT2D eigenvalue weighted by atomic mass is 127. The summed E-state index contributed by atoms with van der Waals surface area (Å²) in [4.78, 5) is 11.6. The highest BCUT2D eigenvalue weighted by Crippen LogP contribution is 2.20.